The summed E-state index contributed by atoms with van der Waals surface area (Å²) in [5.74, 6) is -0.431. The highest BCUT2D eigenvalue weighted by Gasteiger charge is 2.43. The van der Waals surface area contributed by atoms with E-state index in [-0.39, 0.29) is 18.2 Å². The van der Waals surface area contributed by atoms with Gasteiger partial charge in [0.1, 0.15) is 18.6 Å². The fourth-order valence-electron chi connectivity index (χ4n) is 8.58. The number of carbonyl (C=O) groups excluding carboxylic acids is 2. The zero-order valence-corrected chi connectivity index (χ0v) is 31.0. The standard InChI is InChI=1S/C39H45F3N8O6/c1-23-19-27-25(6-8-31-35(27)56-38(54)45-31)34(50(23)22-39(40,41)42)30-7-5-24(20-44-30)55-18-17-48-15-13-47(14-16-48)12-11-43-29-4-2-3-26-28(29)21-49(37(26)53)32-9-10-33(51)46-36(32)52/h2-8,20,23,32,34,36,43,52H,9-19,21-22H2,1H3,(H,45,54)(H,46,51)/t23-,32?,34+,36?/m1/s1. The van der Waals surface area contributed by atoms with E-state index in [1.54, 1.807) is 42.3 Å². The number of anilines is 1. The number of fused-ring (bicyclic) bond motifs is 4. The number of halogens is 3. The Kier molecular flexibility index (Phi) is 10.5. The fraction of sp³-hybridized carbons (Fsp3) is 0.487. The van der Waals surface area contributed by atoms with E-state index in [1.807, 2.05) is 18.2 Å². The molecule has 298 valence electrons. The minimum atomic E-state index is -4.42. The molecule has 2 aromatic heterocycles. The summed E-state index contributed by atoms with van der Waals surface area (Å²) >= 11 is 0. The molecular weight excluding hydrogens is 733 g/mol. The Morgan fingerprint density at radius 3 is 2.54 bits per heavy atom. The first-order valence-corrected chi connectivity index (χ1v) is 19.1. The fourth-order valence-corrected chi connectivity index (χ4v) is 8.58. The van der Waals surface area contributed by atoms with Gasteiger partial charge in [-0.25, -0.2) is 4.79 Å². The van der Waals surface area contributed by atoms with Crippen molar-refractivity contribution >= 4 is 28.6 Å². The van der Waals surface area contributed by atoms with Crippen LogP contribution in [0, 0.1) is 0 Å². The maximum absolute atomic E-state index is 13.8. The van der Waals surface area contributed by atoms with Crippen LogP contribution in [-0.2, 0) is 17.8 Å². The largest absolute Gasteiger partial charge is 0.491 e. The second kappa shape index (κ2) is 15.5. The smallest absolute Gasteiger partial charge is 0.417 e. The Morgan fingerprint density at radius 1 is 1.02 bits per heavy atom. The lowest BCUT2D eigenvalue weighted by atomic mass is 9.86. The van der Waals surface area contributed by atoms with E-state index in [4.69, 9.17) is 9.15 Å². The van der Waals surface area contributed by atoms with Gasteiger partial charge in [0.05, 0.1) is 36.0 Å². The molecule has 0 radical (unpaired) electrons. The van der Waals surface area contributed by atoms with Crippen LogP contribution in [0.1, 0.15) is 58.5 Å². The topological polar surface area (TPSA) is 160 Å². The highest BCUT2D eigenvalue weighted by Crippen LogP contribution is 2.41. The van der Waals surface area contributed by atoms with Crippen molar-refractivity contribution in [3.8, 4) is 5.75 Å². The molecule has 56 heavy (non-hydrogen) atoms. The second-order valence-electron chi connectivity index (χ2n) is 15.0. The number of nitrogens with zero attached hydrogens (tertiary/aromatic N) is 5. The average Bonchev–Trinajstić information content (AvgIpc) is 3.72. The lowest BCUT2D eigenvalue weighted by Gasteiger charge is -2.41. The van der Waals surface area contributed by atoms with Gasteiger partial charge >= 0.3 is 11.9 Å². The number of aromatic nitrogens is 2. The summed E-state index contributed by atoms with van der Waals surface area (Å²) < 4.78 is 52.8. The van der Waals surface area contributed by atoms with Crippen LogP contribution in [0.15, 0.2) is 57.9 Å². The van der Waals surface area contributed by atoms with Gasteiger partial charge in [0, 0.05) is 87.2 Å². The number of ether oxygens (including phenoxy) is 1. The Hall–Kier alpha value is -4.97. The predicted molar refractivity (Wildman–Crippen MR) is 199 cm³/mol. The van der Waals surface area contributed by atoms with Gasteiger partial charge in [-0.2, -0.15) is 13.2 Å². The molecule has 4 aliphatic rings. The van der Waals surface area contributed by atoms with Gasteiger partial charge in [0.2, 0.25) is 5.91 Å². The summed E-state index contributed by atoms with van der Waals surface area (Å²) in [5, 5.41) is 16.5. The van der Waals surface area contributed by atoms with Crippen molar-refractivity contribution < 1.29 is 37.0 Å². The molecule has 0 bridgehead atoms. The number of carbonyl (C=O) groups is 2. The first-order valence-electron chi connectivity index (χ1n) is 19.1. The lowest BCUT2D eigenvalue weighted by molar-refractivity contribution is -0.155. The number of aliphatic hydroxyl groups excluding tert-OH is 1. The molecule has 14 nitrogen and oxygen atoms in total. The molecule has 2 unspecified atom stereocenters. The summed E-state index contributed by atoms with van der Waals surface area (Å²) in [6.45, 7) is 7.18. The number of benzene rings is 2. The molecule has 2 amide bonds. The van der Waals surface area contributed by atoms with E-state index in [0.29, 0.717) is 78.3 Å². The second-order valence-corrected chi connectivity index (χ2v) is 15.0. The molecule has 2 aromatic carbocycles. The van der Waals surface area contributed by atoms with Crippen LogP contribution in [-0.4, -0.2) is 130 Å². The number of amides is 2. The first-order chi connectivity index (χ1) is 26.9. The summed E-state index contributed by atoms with van der Waals surface area (Å²) in [7, 11) is 0. The number of aliphatic hydroxyl groups is 1. The number of pyridine rings is 1. The van der Waals surface area contributed by atoms with Gasteiger partial charge in [-0.1, -0.05) is 12.1 Å². The molecule has 17 heteroatoms. The van der Waals surface area contributed by atoms with Crippen LogP contribution in [0.2, 0.25) is 0 Å². The van der Waals surface area contributed by atoms with Crippen LogP contribution in [0.25, 0.3) is 11.1 Å². The molecule has 0 aliphatic carbocycles. The average molecular weight is 779 g/mol. The minimum absolute atomic E-state index is 0.134. The Balaban J connectivity index is 0.813. The van der Waals surface area contributed by atoms with Crippen molar-refractivity contribution in [2.24, 2.45) is 0 Å². The number of hydrogen-bond acceptors (Lipinski definition) is 11. The highest BCUT2D eigenvalue weighted by molar-refractivity contribution is 6.00. The van der Waals surface area contributed by atoms with Crippen molar-refractivity contribution in [1.29, 1.82) is 0 Å². The normalized spacial score (nSPS) is 23.6. The molecule has 4 N–H and O–H groups in total. The van der Waals surface area contributed by atoms with E-state index >= 15 is 0 Å². The quantitative estimate of drug-likeness (QED) is 0.177. The van der Waals surface area contributed by atoms with E-state index in [1.165, 1.54) is 4.90 Å². The van der Waals surface area contributed by atoms with Crippen molar-refractivity contribution in [2.75, 3.05) is 64.3 Å². The maximum Gasteiger partial charge on any atom is 0.417 e. The van der Waals surface area contributed by atoms with E-state index < -0.39 is 42.8 Å². The zero-order valence-electron chi connectivity index (χ0n) is 31.0. The van der Waals surface area contributed by atoms with Crippen molar-refractivity contribution in [3.05, 3.63) is 87.2 Å². The molecule has 6 heterocycles. The summed E-state index contributed by atoms with van der Waals surface area (Å²) in [4.78, 5) is 51.8. The minimum Gasteiger partial charge on any atom is -0.491 e. The number of alkyl halides is 3. The van der Waals surface area contributed by atoms with Crippen LogP contribution in [0.5, 0.6) is 5.75 Å². The van der Waals surface area contributed by atoms with Gasteiger partial charge in [-0.05, 0) is 55.7 Å². The molecule has 2 fully saturated rings. The van der Waals surface area contributed by atoms with Crippen LogP contribution in [0.3, 0.4) is 0 Å². The monoisotopic (exact) mass is 778 g/mol. The Bertz CT molecular complexity index is 2130. The van der Waals surface area contributed by atoms with Gasteiger partial charge in [-0.15, -0.1) is 0 Å². The van der Waals surface area contributed by atoms with Crippen LogP contribution in [0.4, 0.5) is 18.9 Å². The summed E-state index contributed by atoms with van der Waals surface area (Å²) in [6, 6.07) is 10.7. The third-order valence-corrected chi connectivity index (χ3v) is 11.4. The molecule has 0 spiro atoms. The SMILES string of the molecule is C[C@@H]1Cc2c(ccc3[nH]c(=O)oc23)[C@@H](c2ccc(OCCN3CCN(CCNc4cccc5c4CN(C4CCC(=O)NC4O)C5=O)CC3)cn2)N1CC(F)(F)F. The van der Waals surface area contributed by atoms with Crippen LogP contribution >= 0.6 is 0 Å². The number of rotatable bonds is 11. The van der Waals surface area contributed by atoms with Crippen LogP contribution < -0.4 is 21.1 Å². The van der Waals surface area contributed by atoms with Gasteiger partial charge in [0.15, 0.2) is 5.58 Å². The van der Waals surface area contributed by atoms with Crippen molar-refractivity contribution in [3.63, 3.8) is 0 Å². The van der Waals surface area contributed by atoms with E-state index in [9.17, 15) is 32.7 Å². The molecule has 8 rings (SSSR count). The summed E-state index contributed by atoms with van der Waals surface area (Å²) in [6.07, 6.45) is -2.96. The molecular formula is C39H45F3N8O6. The number of piperidine rings is 1. The first kappa shape index (κ1) is 37.9. The predicted octanol–water partition coefficient (Wildman–Crippen LogP) is 3.08. The number of aromatic amines is 1. The van der Waals surface area contributed by atoms with Crippen molar-refractivity contribution in [1.82, 2.24) is 34.9 Å². The molecule has 4 atom stereocenters. The van der Waals surface area contributed by atoms with E-state index in [2.05, 4.69) is 30.4 Å². The Morgan fingerprint density at radius 2 is 1.80 bits per heavy atom. The van der Waals surface area contributed by atoms with E-state index in [0.717, 1.165) is 44.0 Å². The maximum atomic E-state index is 13.8. The Labute approximate surface area is 320 Å². The van der Waals surface area contributed by atoms with Gasteiger partial charge < -0.3 is 29.8 Å². The third-order valence-electron chi connectivity index (χ3n) is 11.4. The number of nitrogens with one attached hydrogen (secondary N) is 3. The molecule has 4 aromatic rings. The lowest BCUT2D eigenvalue weighted by Crippen LogP contribution is -2.55. The summed E-state index contributed by atoms with van der Waals surface area (Å²) in [5.41, 5.74) is 5.07. The van der Waals surface area contributed by atoms with Gasteiger partial charge in [-0.3, -0.25) is 34.3 Å². The molecule has 4 aliphatic heterocycles. The number of piperazine rings is 1. The van der Waals surface area contributed by atoms with Crippen molar-refractivity contribution in [2.45, 2.75) is 63.3 Å². The number of H-pyrrole nitrogens is 1. The number of oxazole rings is 1. The number of hydrogen-bond donors (Lipinski definition) is 4. The molecule has 2 saturated heterocycles. The zero-order chi connectivity index (χ0) is 39.1. The molecule has 0 saturated carbocycles. The van der Waals surface area contributed by atoms with Gasteiger partial charge in [0.25, 0.3) is 5.91 Å². The highest BCUT2D eigenvalue weighted by atomic mass is 19.4. The third kappa shape index (κ3) is 7.85.